The SMILES string of the molecule is C=C/C=C(/COc1ccccc1/C=C/c1ccc(-c2ccc(/C=C/c3ccccc3OC/C(=C/C=C)[N+](=C)C)cc2)cc1)[N+](=C)C.COS(=O)(=O)OC.COS(=O)(=O)OC. The third kappa shape index (κ3) is 18.3. The van der Waals surface area contributed by atoms with Crippen LogP contribution in [0.3, 0.4) is 0 Å². The molecule has 0 aliphatic rings. The molecule has 12 nitrogen and oxygen atoms in total. The second kappa shape index (κ2) is 26.2. The molecule has 318 valence electrons. The van der Waals surface area contributed by atoms with E-state index in [-0.39, 0.29) is 0 Å². The molecular formula is C46H54N2O10S2+2. The Labute approximate surface area is 355 Å². The van der Waals surface area contributed by atoms with Gasteiger partial charge in [-0.1, -0.05) is 135 Å². The molecule has 0 aliphatic heterocycles. The second-order valence-electron chi connectivity index (χ2n) is 12.2. The van der Waals surface area contributed by atoms with Gasteiger partial charge in [0.1, 0.15) is 39.0 Å². The number of nitrogens with zero attached hydrogens (tertiary/aromatic N) is 2. The lowest BCUT2D eigenvalue weighted by Crippen LogP contribution is -2.11. The maximum Gasteiger partial charge on any atom is 0.399 e. The molecule has 4 rings (SSSR count). The highest BCUT2D eigenvalue weighted by Crippen LogP contribution is 2.25. The molecule has 0 N–H and O–H groups in total. The van der Waals surface area contributed by atoms with Crippen molar-refractivity contribution in [3.63, 3.8) is 0 Å². The first-order valence-corrected chi connectivity index (χ1v) is 20.7. The van der Waals surface area contributed by atoms with E-state index in [4.69, 9.17) is 9.47 Å². The zero-order valence-electron chi connectivity index (χ0n) is 34.9. The fraction of sp³-hybridized carbons (Fsp3) is 0.174. The van der Waals surface area contributed by atoms with E-state index < -0.39 is 20.8 Å². The van der Waals surface area contributed by atoms with Crippen molar-refractivity contribution in [1.82, 2.24) is 0 Å². The predicted octanol–water partition coefficient (Wildman–Crippen LogP) is 8.33. The van der Waals surface area contributed by atoms with Crippen molar-refractivity contribution < 1.29 is 52.2 Å². The molecule has 0 spiro atoms. The number of allylic oxidation sites excluding steroid dienone is 4. The topological polar surface area (TPSA) is 130 Å². The van der Waals surface area contributed by atoms with Crippen LogP contribution in [0.1, 0.15) is 22.3 Å². The monoisotopic (exact) mass is 858 g/mol. The summed E-state index contributed by atoms with van der Waals surface area (Å²) in [5.74, 6) is 1.63. The molecule has 0 aromatic heterocycles. The number of ether oxygens (including phenoxy) is 2. The van der Waals surface area contributed by atoms with Crippen LogP contribution in [0.5, 0.6) is 11.5 Å². The Morgan fingerprint density at radius 2 is 0.833 bits per heavy atom. The maximum atomic E-state index is 9.92. The highest BCUT2D eigenvalue weighted by molar-refractivity contribution is 7.82. The largest absolute Gasteiger partial charge is 0.482 e. The molecule has 14 heteroatoms. The van der Waals surface area contributed by atoms with E-state index in [0.29, 0.717) is 13.2 Å². The Bertz CT molecular complexity index is 2190. The summed E-state index contributed by atoms with van der Waals surface area (Å²) in [7, 11) is 0.573. The molecule has 0 amide bonds. The zero-order valence-corrected chi connectivity index (χ0v) is 36.5. The van der Waals surface area contributed by atoms with E-state index in [1.165, 1.54) is 0 Å². The molecule has 0 unspecified atom stereocenters. The lowest BCUT2D eigenvalue weighted by atomic mass is 10.0. The number of hydrogen-bond donors (Lipinski definition) is 0. The molecule has 0 bridgehead atoms. The van der Waals surface area contributed by atoms with Gasteiger partial charge in [-0.05, 0) is 34.4 Å². The minimum atomic E-state index is -3.66. The zero-order chi connectivity index (χ0) is 44.6. The molecule has 4 aromatic rings. The van der Waals surface area contributed by atoms with Crippen molar-refractivity contribution in [2.75, 3.05) is 55.7 Å². The molecule has 0 saturated heterocycles. The van der Waals surface area contributed by atoms with Gasteiger partial charge in [-0.2, -0.15) is 16.8 Å². The van der Waals surface area contributed by atoms with Gasteiger partial charge in [-0.25, -0.2) is 9.15 Å². The van der Waals surface area contributed by atoms with Crippen LogP contribution in [0.25, 0.3) is 35.4 Å². The molecular weight excluding hydrogens is 805 g/mol. The lowest BCUT2D eigenvalue weighted by molar-refractivity contribution is -0.438. The standard InChI is InChI=1S/C42H42N2O2.2C2H6O4S/c1-7-13-39(43(3)4)31-45-41-17-11-9-15-37(41)29-23-33-19-25-35(26-20-33)36-27-21-34(22-28-36)24-30-38-16-10-12-18-42(38)46-32-40(14-8-2)44(5)6;2*1-5-7(3,4)6-2/h7-30H,1-3,5,31-32H2,4,6H3;2*1-2H3/q+2;;/b29-23+,30-24+,39-13-,40-14-;;. The van der Waals surface area contributed by atoms with E-state index in [1.54, 1.807) is 21.3 Å². The first-order valence-electron chi connectivity index (χ1n) is 18.1. The number of para-hydroxylation sites is 2. The van der Waals surface area contributed by atoms with E-state index in [2.05, 4.69) is 116 Å². The highest BCUT2D eigenvalue weighted by Gasteiger charge is 2.10. The van der Waals surface area contributed by atoms with Crippen molar-refractivity contribution in [2.45, 2.75) is 0 Å². The van der Waals surface area contributed by atoms with Crippen molar-refractivity contribution in [3.8, 4) is 22.6 Å². The molecule has 0 fully saturated rings. The summed E-state index contributed by atoms with van der Waals surface area (Å²) >= 11 is 0. The number of rotatable bonds is 19. The van der Waals surface area contributed by atoms with Gasteiger partial charge in [0.15, 0.2) is 13.2 Å². The first kappa shape index (κ1) is 50.1. The average molecular weight is 859 g/mol. The summed E-state index contributed by atoms with van der Waals surface area (Å²) in [6.45, 7) is 16.3. The molecule has 4 aromatic carbocycles. The van der Waals surface area contributed by atoms with Gasteiger partial charge < -0.3 is 9.47 Å². The Balaban J connectivity index is 0.000000758. The second-order valence-corrected chi connectivity index (χ2v) is 15.2. The Morgan fingerprint density at radius 3 is 1.10 bits per heavy atom. The van der Waals surface area contributed by atoms with Gasteiger partial charge in [0, 0.05) is 23.3 Å². The Morgan fingerprint density at radius 1 is 0.517 bits per heavy atom. The minimum Gasteiger partial charge on any atom is -0.482 e. The summed E-state index contributed by atoms with van der Waals surface area (Å²) in [6, 6.07) is 33.1. The summed E-state index contributed by atoms with van der Waals surface area (Å²) < 4.78 is 70.8. The van der Waals surface area contributed by atoms with Crippen LogP contribution in [0, 0.1) is 0 Å². The normalized spacial score (nSPS) is 11.8. The first-order chi connectivity index (χ1) is 28.6. The third-order valence-electron chi connectivity index (χ3n) is 8.07. The fourth-order valence-electron chi connectivity index (χ4n) is 4.73. The van der Waals surface area contributed by atoms with Gasteiger partial charge in [0.05, 0.1) is 28.4 Å². The maximum absolute atomic E-state index is 9.92. The highest BCUT2D eigenvalue weighted by atomic mass is 32.3. The van der Waals surface area contributed by atoms with Crippen LogP contribution in [-0.4, -0.2) is 95.2 Å². The molecule has 0 radical (unpaired) electrons. The lowest BCUT2D eigenvalue weighted by Gasteiger charge is -2.09. The van der Waals surface area contributed by atoms with Gasteiger partial charge >= 0.3 is 20.8 Å². The number of likely N-dealkylation sites (N-methyl/N-ethyl adjacent to an activating group) is 2. The van der Waals surface area contributed by atoms with Crippen molar-refractivity contribution in [3.05, 3.63) is 168 Å². The van der Waals surface area contributed by atoms with Gasteiger partial charge in [0.25, 0.3) is 0 Å². The van der Waals surface area contributed by atoms with Crippen LogP contribution in [0.15, 0.2) is 146 Å². The number of hydrogen-bond acceptors (Lipinski definition) is 10. The summed E-state index contributed by atoms with van der Waals surface area (Å²) in [5, 5.41) is 0. The predicted molar refractivity (Wildman–Crippen MR) is 243 cm³/mol. The van der Waals surface area contributed by atoms with Gasteiger partial charge in [0.2, 0.25) is 11.4 Å². The van der Waals surface area contributed by atoms with Crippen LogP contribution < -0.4 is 9.47 Å². The molecule has 0 aliphatic carbocycles. The van der Waals surface area contributed by atoms with Crippen molar-refractivity contribution in [1.29, 1.82) is 0 Å². The van der Waals surface area contributed by atoms with E-state index >= 15 is 0 Å². The Hall–Kier alpha value is -6.00. The van der Waals surface area contributed by atoms with Crippen LogP contribution >= 0.6 is 0 Å². The van der Waals surface area contributed by atoms with Crippen LogP contribution in [-0.2, 0) is 37.5 Å². The van der Waals surface area contributed by atoms with Crippen molar-refractivity contribution >= 4 is 58.5 Å². The number of benzene rings is 4. The van der Waals surface area contributed by atoms with E-state index in [0.717, 1.165) is 84.7 Å². The van der Waals surface area contributed by atoms with Crippen molar-refractivity contribution in [2.24, 2.45) is 0 Å². The average Bonchev–Trinajstić information content (AvgIpc) is 3.26. The quantitative estimate of drug-likeness (QED) is 0.0393. The van der Waals surface area contributed by atoms with Crippen LogP contribution in [0.4, 0.5) is 0 Å². The summed E-state index contributed by atoms with van der Waals surface area (Å²) in [4.78, 5) is 0. The van der Waals surface area contributed by atoms with Gasteiger partial charge in [-0.15, -0.1) is 0 Å². The minimum absolute atomic E-state index is 0.409. The van der Waals surface area contributed by atoms with Crippen LogP contribution in [0.2, 0.25) is 0 Å². The fourth-order valence-corrected chi connectivity index (χ4v) is 5.00. The third-order valence-corrected chi connectivity index (χ3v) is 9.71. The van der Waals surface area contributed by atoms with Gasteiger partial charge in [-0.3, -0.25) is 16.7 Å². The summed E-state index contributed by atoms with van der Waals surface area (Å²) in [6.07, 6.45) is 15.6. The van der Waals surface area contributed by atoms with E-state index in [1.807, 2.05) is 74.8 Å². The molecule has 60 heavy (non-hydrogen) atoms. The Kier molecular flexibility index (Phi) is 21.9. The van der Waals surface area contributed by atoms with E-state index in [9.17, 15) is 16.8 Å². The molecule has 0 heterocycles. The molecule has 0 saturated carbocycles. The molecule has 0 atom stereocenters. The summed E-state index contributed by atoms with van der Waals surface area (Å²) in [5.41, 5.74) is 8.43. The smallest absolute Gasteiger partial charge is 0.399 e.